The minimum Gasteiger partial charge on any atom is -0.377 e. The maximum absolute atomic E-state index is 6.11. The van der Waals surface area contributed by atoms with Crippen LogP contribution < -0.4 is 0 Å². The molecule has 0 radical (unpaired) electrons. The molecule has 0 N–H and O–H groups in total. The molecule has 126 valence electrons. The van der Waals surface area contributed by atoms with Crippen molar-refractivity contribution < 1.29 is 14.2 Å². The van der Waals surface area contributed by atoms with Crippen LogP contribution in [-0.2, 0) is 14.2 Å². The lowest BCUT2D eigenvalue weighted by Crippen LogP contribution is -2.37. The minimum absolute atomic E-state index is 0.0808. The lowest BCUT2D eigenvalue weighted by Gasteiger charge is -2.39. The van der Waals surface area contributed by atoms with E-state index in [1.54, 1.807) is 0 Å². The number of hydrogen-bond donors (Lipinski definition) is 0. The second-order valence-electron chi connectivity index (χ2n) is 7.71. The highest BCUT2D eigenvalue weighted by Crippen LogP contribution is 2.36. The third kappa shape index (κ3) is 7.62. The van der Waals surface area contributed by atoms with Crippen molar-refractivity contribution in [2.24, 2.45) is 17.8 Å². The highest BCUT2D eigenvalue weighted by Gasteiger charge is 2.33. The Morgan fingerprint density at radius 2 is 1.67 bits per heavy atom. The van der Waals surface area contributed by atoms with Gasteiger partial charge in [0.15, 0.2) is 0 Å². The lowest BCUT2D eigenvalue weighted by molar-refractivity contribution is -0.0759. The summed E-state index contributed by atoms with van der Waals surface area (Å²) in [6, 6.07) is 0. The van der Waals surface area contributed by atoms with E-state index in [2.05, 4.69) is 41.5 Å². The molecule has 3 heteroatoms. The topological polar surface area (TPSA) is 27.7 Å². The van der Waals surface area contributed by atoms with Crippen molar-refractivity contribution in [1.29, 1.82) is 0 Å². The Morgan fingerprint density at radius 3 is 2.29 bits per heavy atom. The summed E-state index contributed by atoms with van der Waals surface area (Å²) < 4.78 is 17.3. The molecule has 0 spiro atoms. The van der Waals surface area contributed by atoms with Gasteiger partial charge in [0.2, 0.25) is 0 Å². The molecule has 0 saturated heterocycles. The molecule has 0 aromatic heterocycles. The molecule has 0 bridgehead atoms. The Balaban J connectivity index is 2.13. The van der Waals surface area contributed by atoms with Gasteiger partial charge in [-0.05, 0) is 44.9 Å². The molecule has 0 amide bonds. The van der Waals surface area contributed by atoms with Gasteiger partial charge in [-0.15, -0.1) is 0 Å². The van der Waals surface area contributed by atoms with Gasteiger partial charge in [0.1, 0.15) is 0 Å². The first-order chi connectivity index (χ1) is 9.81. The summed E-state index contributed by atoms with van der Waals surface area (Å²) in [6.45, 7) is 15.9. The predicted molar refractivity (Wildman–Crippen MR) is 87.6 cm³/mol. The Bertz CT molecular complexity index is 270. The Kier molecular flexibility index (Phi) is 8.22. The molecule has 1 rings (SSSR count). The van der Waals surface area contributed by atoms with Gasteiger partial charge in [-0.2, -0.15) is 0 Å². The summed E-state index contributed by atoms with van der Waals surface area (Å²) in [6.07, 6.45) is 4.28. The van der Waals surface area contributed by atoms with Crippen LogP contribution in [0.25, 0.3) is 0 Å². The van der Waals surface area contributed by atoms with Crippen LogP contribution in [0.5, 0.6) is 0 Å². The maximum Gasteiger partial charge on any atom is 0.0707 e. The predicted octanol–water partition coefficient (Wildman–Crippen LogP) is 4.30. The molecule has 0 aliphatic heterocycles. The van der Waals surface area contributed by atoms with Crippen LogP contribution in [0.1, 0.15) is 60.8 Å². The average Bonchev–Trinajstić information content (AvgIpc) is 2.35. The molecule has 1 aliphatic rings. The molecule has 1 aliphatic carbocycles. The zero-order valence-electron chi connectivity index (χ0n) is 15.0. The molecule has 0 aromatic carbocycles. The monoisotopic (exact) mass is 300 g/mol. The first kappa shape index (κ1) is 18.9. The zero-order chi connectivity index (χ0) is 15.9. The lowest BCUT2D eigenvalue weighted by atomic mass is 9.72. The molecular weight excluding hydrogens is 264 g/mol. The normalized spacial score (nSPS) is 27.3. The van der Waals surface area contributed by atoms with Gasteiger partial charge in [-0.1, -0.05) is 33.6 Å². The van der Waals surface area contributed by atoms with Crippen LogP contribution in [-0.4, -0.2) is 38.1 Å². The van der Waals surface area contributed by atoms with Gasteiger partial charge in [-0.25, -0.2) is 0 Å². The molecule has 1 saturated carbocycles. The van der Waals surface area contributed by atoms with E-state index in [1.807, 2.05) is 0 Å². The Hall–Kier alpha value is -0.120. The van der Waals surface area contributed by atoms with Crippen LogP contribution in [0.4, 0.5) is 0 Å². The Labute approximate surface area is 131 Å². The van der Waals surface area contributed by atoms with E-state index in [0.717, 1.165) is 5.92 Å². The van der Waals surface area contributed by atoms with E-state index in [4.69, 9.17) is 14.2 Å². The molecule has 3 unspecified atom stereocenters. The number of rotatable bonds is 8. The molecule has 1 fully saturated rings. The van der Waals surface area contributed by atoms with Crippen LogP contribution in [0.2, 0.25) is 0 Å². The summed E-state index contributed by atoms with van der Waals surface area (Å²) in [4.78, 5) is 0. The SMILES string of the molecule is CC(C)C1C(C)CCCC1OCCOCCOC(C)(C)C. The summed E-state index contributed by atoms with van der Waals surface area (Å²) in [5.41, 5.74) is -0.0808. The highest BCUT2D eigenvalue weighted by molar-refractivity contribution is 4.82. The number of hydrogen-bond acceptors (Lipinski definition) is 3. The van der Waals surface area contributed by atoms with E-state index in [1.165, 1.54) is 19.3 Å². The van der Waals surface area contributed by atoms with Gasteiger partial charge >= 0.3 is 0 Å². The number of ether oxygens (including phenoxy) is 3. The first-order valence-corrected chi connectivity index (χ1v) is 8.64. The van der Waals surface area contributed by atoms with Crippen LogP contribution in [0.15, 0.2) is 0 Å². The van der Waals surface area contributed by atoms with Crippen LogP contribution >= 0.6 is 0 Å². The molecule has 3 nitrogen and oxygen atoms in total. The molecular formula is C18H36O3. The largest absolute Gasteiger partial charge is 0.377 e. The fourth-order valence-electron chi connectivity index (χ4n) is 3.44. The van der Waals surface area contributed by atoms with E-state index in [0.29, 0.717) is 44.4 Å². The van der Waals surface area contributed by atoms with Crippen LogP contribution in [0, 0.1) is 17.8 Å². The fourth-order valence-corrected chi connectivity index (χ4v) is 3.44. The summed E-state index contributed by atoms with van der Waals surface area (Å²) in [5, 5.41) is 0. The van der Waals surface area contributed by atoms with Crippen molar-refractivity contribution in [3.63, 3.8) is 0 Å². The van der Waals surface area contributed by atoms with Gasteiger partial charge in [0.05, 0.1) is 38.1 Å². The average molecular weight is 300 g/mol. The second kappa shape index (κ2) is 9.12. The van der Waals surface area contributed by atoms with Gasteiger partial charge in [0, 0.05) is 0 Å². The third-order valence-electron chi connectivity index (χ3n) is 4.33. The van der Waals surface area contributed by atoms with Crippen molar-refractivity contribution in [3.8, 4) is 0 Å². The standard InChI is InChI=1S/C18H36O3/c1-14(2)17-15(3)8-7-9-16(17)20-12-10-19-11-13-21-18(4,5)6/h14-17H,7-13H2,1-6H3. The third-order valence-corrected chi connectivity index (χ3v) is 4.33. The summed E-state index contributed by atoms with van der Waals surface area (Å²) in [7, 11) is 0. The van der Waals surface area contributed by atoms with Crippen molar-refractivity contribution in [2.75, 3.05) is 26.4 Å². The van der Waals surface area contributed by atoms with E-state index in [9.17, 15) is 0 Å². The molecule has 0 aromatic rings. The van der Waals surface area contributed by atoms with Gasteiger partial charge in [0.25, 0.3) is 0 Å². The highest BCUT2D eigenvalue weighted by atomic mass is 16.6. The van der Waals surface area contributed by atoms with Crippen molar-refractivity contribution in [3.05, 3.63) is 0 Å². The zero-order valence-corrected chi connectivity index (χ0v) is 15.0. The Morgan fingerprint density at radius 1 is 1.00 bits per heavy atom. The smallest absolute Gasteiger partial charge is 0.0707 e. The second-order valence-corrected chi connectivity index (χ2v) is 7.71. The minimum atomic E-state index is -0.0808. The van der Waals surface area contributed by atoms with E-state index < -0.39 is 0 Å². The van der Waals surface area contributed by atoms with Gasteiger partial charge in [-0.3, -0.25) is 0 Å². The van der Waals surface area contributed by atoms with E-state index in [-0.39, 0.29) is 5.60 Å². The van der Waals surface area contributed by atoms with Crippen molar-refractivity contribution in [2.45, 2.75) is 72.5 Å². The van der Waals surface area contributed by atoms with Crippen LogP contribution in [0.3, 0.4) is 0 Å². The summed E-state index contributed by atoms with van der Waals surface area (Å²) >= 11 is 0. The fraction of sp³-hybridized carbons (Fsp3) is 1.00. The van der Waals surface area contributed by atoms with Crippen molar-refractivity contribution >= 4 is 0 Å². The first-order valence-electron chi connectivity index (χ1n) is 8.64. The quantitative estimate of drug-likeness (QED) is 0.626. The van der Waals surface area contributed by atoms with Crippen molar-refractivity contribution in [1.82, 2.24) is 0 Å². The van der Waals surface area contributed by atoms with Gasteiger partial charge < -0.3 is 14.2 Å². The summed E-state index contributed by atoms with van der Waals surface area (Å²) in [5.74, 6) is 2.18. The molecule has 3 atom stereocenters. The van der Waals surface area contributed by atoms with E-state index >= 15 is 0 Å². The molecule has 0 heterocycles. The maximum atomic E-state index is 6.11. The molecule has 21 heavy (non-hydrogen) atoms.